The van der Waals surface area contributed by atoms with Gasteiger partial charge in [0.15, 0.2) is 6.29 Å². The summed E-state index contributed by atoms with van der Waals surface area (Å²) in [7, 11) is 2.39. The van der Waals surface area contributed by atoms with Gasteiger partial charge in [0, 0.05) is 6.42 Å². The first kappa shape index (κ1) is 17.2. The first-order valence-electron chi connectivity index (χ1n) is 8.86. The molecule has 0 amide bonds. The van der Waals surface area contributed by atoms with Crippen LogP contribution in [0.2, 0.25) is 0 Å². The summed E-state index contributed by atoms with van der Waals surface area (Å²) in [6, 6.07) is 0. The van der Waals surface area contributed by atoms with Crippen LogP contribution in [0.25, 0.3) is 0 Å². The van der Waals surface area contributed by atoms with E-state index in [2.05, 4.69) is 34.7 Å². The zero-order chi connectivity index (χ0) is 15.5. The third-order valence-electron chi connectivity index (χ3n) is 4.91. The molecule has 0 aromatic carbocycles. The van der Waals surface area contributed by atoms with Crippen LogP contribution in [0.1, 0.15) is 59.8 Å². The summed E-state index contributed by atoms with van der Waals surface area (Å²) < 4.78 is 13.3. The van der Waals surface area contributed by atoms with Gasteiger partial charge in [0.25, 0.3) is 0 Å². The van der Waals surface area contributed by atoms with E-state index >= 15 is 0 Å². The average molecular weight is 298 g/mol. The van der Waals surface area contributed by atoms with E-state index in [-0.39, 0.29) is 6.29 Å². The number of nitrogens with zero attached hydrogens (tertiary/aromatic N) is 1. The zero-order valence-electron chi connectivity index (χ0n) is 14.9. The molecule has 3 nitrogen and oxygen atoms in total. The maximum Gasteiger partial charge on any atom is 0.158 e. The second kappa shape index (κ2) is 6.97. The van der Waals surface area contributed by atoms with E-state index in [0.29, 0.717) is 17.4 Å². The summed E-state index contributed by atoms with van der Waals surface area (Å²) in [6.45, 7) is 13.8. The lowest BCUT2D eigenvalue weighted by Crippen LogP contribution is -2.52. The van der Waals surface area contributed by atoms with Crippen LogP contribution in [0.5, 0.6) is 0 Å². The predicted molar refractivity (Wildman–Crippen MR) is 87.1 cm³/mol. The Hall–Kier alpha value is -0.120. The maximum atomic E-state index is 6.18. The molecule has 21 heavy (non-hydrogen) atoms. The average Bonchev–Trinajstić information content (AvgIpc) is 2.73. The molecule has 2 fully saturated rings. The molecule has 0 aromatic rings. The first-order chi connectivity index (χ1) is 9.76. The van der Waals surface area contributed by atoms with Crippen molar-refractivity contribution in [2.24, 2.45) is 11.3 Å². The lowest BCUT2D eigenvalue weighted by Gasteiger charge is -2.39. The summed E-state index contributed by atoms with van der Waals surface area (Å²) in [5.74, 6) is 0.661. The molecule has 3 atom stereocenters. The number of hydrogen-bond donors (Lipinski definition) is 0. The Morgan fingerprint density at radius 2 is 1.81 bits per heavy atom. The van der Waals surface area contributed by atoms with E-state index in [1.165, 1.54) is 43.3 Å². The van der Waals surface area contributed by atoms with Crippen LogP contribution in [-0.2, 0) is 9.47 Å². The summed E-state index contributed by atoms with van der Waals surface area (Å²) in [6.07, 6.45) is 6.75. The van der Waals surface area contributed by atoms with Crippen LogP contribution < -0.4 is 0 Å². The number of likely N-dealkylation sites (N-methyl/N-ethyl adjacent to an activating group) is 1. The molecule has 2 aliphatic heterocycles. The molecule has 2 rings (SSSR count). The van der Waals surface area contributed by atoms with E-state index in [1.807, 2.05) is 0 Å². The normalized spacial score (nSPS) is 31.3. The molecule has 124 valence electrons. The lowest BCUT2D eigenvalue weighted by atomic mass is 9.84. The Morgan fingerprint density at radius 1 is 1.14 bits per heavy atom. The summed E-state index contributed by atoms with van der Waals surface area (Å²) in [4.78, 5) is 0. The van der Waals surface area contributed by atoms with Gasteiger partial charge in [0.1, 0.15) is 12.6 Å². The Morgan fingerprint density at radius 3 is 2.43 bits per heavy atom. The third kappa shape index (κ3) is 5.88. The molecule has 0 saturated carbocycles. The highest BCUT2D eigenvalue weighted by Crippen LogP contribution is 2.29. The van der Waals surface area contributed by atoms with Crippen LogP contribution in [0.3, 0.4) is 0 Å². The minimum Gasteiger partial charge on any atom is -0.350 e. The molecule has 2 aliphatic rings. The van der Waals surface area contributed by atoms with Gasteiger partial charge >= 0.3 is 0 Å². The quantitative estimate of drug-likeness (QED) is 0.718. The minimum atomic E-state index is 0.0312. The van der Waals surface area contributed by atoms with Gasteiger partial charge in [-0.2, -0.15) is 0 Å². The Bertz CT molecular complexity index is 318. The van der Waals surface area contributed by atoms with Gasteiger partial charge in [0.2, 0.25) is 0 Å². The van der Waals surface area contributed by atoms with Crippen molar-refractivity contribution in [1.29, 1.82) is 0 Å². The van der Waals surface area contributed by atoms with Gasteiger partial charge in [0.05, 0.1) is 26.7 Å². The standard InChI is InChI=1S/C18H36NO2/c1-15(12-18(2,3)4)11-17-20-14-16(21-17)13-19(5)9-7-6-8-10-19/h15-17H,6-14H2,1-5H3/q+1/t15-,16+,17+/m1/s1. The molecule has 0 bridgehead atoms. The minimum absolute atomic E-state index is 0.0312. The van der Waals surface area contributed by atoms with Crippen molar-refractivity contribution in [2.75, 3.05) is 33.3 Å². The fraction of sp³-hybridized carbons (Fsp3) is 1.00. The Labute approximate surface area is 131 Å². The summed E-state index contributed by atoms with van der Waals surface area (Å²) in [5.41, 5.74) is 0.393. The molecule has 0 aromatic heterocycles. The Kier molecular flexibility index (Phi) is 5.72. The molecule has 2 saturated heterocycles. The fourth-order valence-electron chi connectivity index (χ4n) is 4.13. The van der Waals surface area contributed by atoms with Gasteiger partial charge in [-0.3, -0.25) is 0 Å². The van der Waals surface area contributed by atoms with Gasteiger partial charge in [-0.25, -0.2) is 0 Å². The van der Waals surface area contributed by atoms with Crippen LogP contribution >= 0.6 is 0 Å². The Balaban J connectivity index is 1.73. The van der Waals surface area contributed by atoms with E-state index < -0.39 is 0 Å². The largest absolute Gasteiger partial charge is 0.350 e. The third-order valence-corrected chi connectivity index (χ3v) is 4.91. The van der Waals surface area contributed by atoms with E-state index in [4.69, 9.17) is 9.47 Å². The molecule has 2 heterocycles. The second-order valence-electron chi connectivity index (χ2n) is 8.94. The molecular formula is C18H36NO2+. The number of rotatable bonds is 5. The summed E-state index contributed by atoms with van der Waals surface area (Å²) in [5, 5.41) is 0. The first-order valence-corrected chi connectivity index (χ1v) is 8.86. The van der Waals surface area contributed by atoms with Crippen LogP contribution in [-0.4, -0.2) is 50.2 Å². The van der Waals surface area contributed by atoms with Crippen molar-refractivity contribution in [2.45, 2.75) is 72.2 Å². The molecule has 0 N–H and O–H groups in total. The monoisotopic (exact) mass is 298 g/mol. The number of likely N-dealkylation sites (tertiary alicyclic amines) is 1. The highest BCUT2D eigenvalue weighted by molar-refractivity contribution is 4.72. The zero-order valence-corrected chi connectivity index (χ0v) is 14.9. The van der Waals surface area contributed by atoms with Crippen LogP contribution in [0.4, 0.5) is 0 Å². The van der Waals surface area contributed by atoms with Crippen LogP contribution in [0, 0.1) is 11.3 Å². The number of hydrogen-bond acceptors (Lipinski definition) is 2. The summed E-state index contributed by atoms with van der Waals surface area (Å²) >= 11 is 0. The van der Waals surface area contributed by atoms with E-state index in [0.717, 1.165) is 19.6 Å². The van der Waals surface area contributed by atoms with Crippen molar-refractivity contribution in [3.8, 4) is 0 Å². The van der Waals surface area contributed by atoms with Crippen LogP contribution in [0.15, 0.2) is 0 Å². The van der Waals surface area contributed by atoms with E-state index in [9.17, 15) is 0 Å². The molecule has 0 spiro atoms. The van der Waals surface area contributed by atoms with Crippen molar-refractivity contribution in [1.82, 2.24) is 0 Å². The maximum absolute atomic E-state index is 6.18. The van der Waals surface area contributed by atoms with Crippen molar-refractivity contribution >= 4 is 0 Å². The second-order valence-corrected chi connectivity index (χ2v) is 8.94. The number of quaternary nitrogens is 1. The molecular weight excluding hydrogens is 262 g/mol. The highest BCUT2D eigenvalue weighted by Gasteiger charge is 2.35. The van der Waals surface area contributed by atoms with E-state index in [1.54, 1.807) is 0 Å². The van der Waals surface area contributed by atoms with Crippen molar-refractivity contribution < 1.29 is 14.0 Å². The predicted octanol–water partition coefficient (Wildman–Crippen LogP) is 3.82. The molecule has 0 radical (unpaired) electrons. The van der Waals surface area contributed by atoms with Gasteiger partial charge in [-0.15, -0.1) is 0 Å². The van der Waals surface area contributed by atoms with Gasteiger partial charge in [-0.1, -0.05) is 27.7 Å². The van der Waals surface area contributed by atoms with Crippen molar-refractivity contribution in [3.05, 3.63) is 0 Å². The fourth-order valence-corrected chi connectivity index (χ4v) is 4.13. The van der Waals surface area contributed by atoms with Gasteiger partial charge < -0.3 is 14.0 Å². The SMILES string of the molecule is C[C@H](C[C@H]1OC[C@H](C[N+]2(C)CCCCC2)O1)CC(C)(C)C. The van der Waals surface area contributed by atoms with Crippen molar-refractivity contribution in [3.63, 3.8) is 0 Å². The van der Waals surface area contributed by atoms with Gasteiger partial charge in [-0.05, 0) is 37.0 Å². The lowest BCUT2D eigenvalue weighted by molar-refractivity contribution is -0.916. The number of ether oxygens (including phenoxy) is 2. The highest BCUT2D eigenvalue weighted by atomic mass is 16.7. The molecule has 0 aliphatic carbocycles. The topological polar surface area (TPSA) is 18.5 Å². The molecule has 0 unspecified atom stereocenters. The molecule has 3 heteroatoms. The smallest absolute Gasteiger partial charge is 0.158 e. The number of piperidine rings is 1.